The lowest BCUT2D eigenvalue weighted by Gasteiger charge is -2.40. The van der Waals surface area contributed by atoms with Gasteiger partial charge in [-0.15, -0.1) is 0 Å². The monoisotopic (exact) mass is 488 g/mol. The van der Waals surface area contributed by atoms with Crippen LogP contribution in [0.2, 0.25) is 0 Å². The number of amides is 3. The van der Waals surface area contributed by atoms with Crippen molar-refractivity contribution in [2.45, 2.75) is 31.5 Å². The molecule has 2 atom stereocenters. The van der Waals surface area contributed by atoms with Crippen LogP contribution in [-0.4, -0.2) is 82.9 Å². The van der Waals surface area contributed by atoms with E-state index < -0.39 is 12.2 Å². The number of fused-ring (bicyclic) bond motifs is 3. The summed E-state index contributed by atoms with van der Waals surface area (Å²) in [5, 5.41) is 0. The summed E-state index contributed by atoms with van der Waals surface area (Å²) in [5.74, 6) is -0.00301. The van der Waals surface area contributed by atoms with Crippen LogP contribution < -0.4 is 4.90 Å². The Balaban J connectivity index is 1.33. The number of rotatable bonds is 5. The second-order valence-corrected chi connectivity index (χ2v) is 9.67. The number of benzene rings is 2. The Hall–Kier alpha value is -3.72. The predicted octanol–water partition coefficient (Wildman–Crippen LogP) is 3.39. The van der Waals surface area contributed by atoms with Crippen molar-refractivity contribution in [3.8, 4) is 0 Å². The van der Waals surface area contributed by atoms with Gasteiger partial charge in [-0.25, -0.2) is 14.2 Å². The van der Waals surface area contributed by atoms with E-state index in [2.05, 4.69) is 4.90 Å². The molecule has 0 radical (unpaired) electrons. The number of anilines is 1. The van der Waals surface area contributed by atoms with Gasteiger partial charge in [-0.1, -0.05) is 36.8 Å². The van der Waals surface area contributed by atoms with Crippen LogP contribution in [0.1, 0.15) is 24.8 Å². The van der Waals surface area contributed by atoms with E-state index in [-0.39, 0.29) is 17.8 Å². The lowest BCUT2D eigenvalue weighted by Crippen LogP contribution is -2.65. The van der Waals surface area contributed by atoms with Crippen LogP contribution in [0.3, 0.4) is 0 Å². The molecule has 0 spiro atoms. The Morgan fingerprint density at radius 1 is 0.944 bits per heavy atom. The van der Waals surface area contributed by atoms with E-state index in [9.17, 15) is 14.0 Å². The molecule has 0 aliphatic carbocycles. The molecule has 9 heteroatoms. The number of nitrogens with zero attached hydrogens (tertiary/aromatic N) is 6. The SMILES string of the molecule is CN1C(=O)N(CCN2CCCCC2)C(=O)C2C1N=C1N(c3ccc(F)cc3)C(c3ccccc3)=CN12. The third-order valence-electron chi connectivity index (χ3n) is 7.45. The van der Waals surface area contributed by atoms with Gasteiger partial charge in [0.25, 0.3) is 5.91 Å². The maximum absolute atomic E-state index is 13.8. The molecular formula is C27H29FN6O2. The van der Waals surface area contributed by atoms with E-state index in [0.29, 0.717) is 19.0 Å². The summed E-state index contributed by atoms with van der Waals surface area (Å²) in [4.78, 5) is 40.9. The fourth-order valence-corrected chi connectivity index (χ4v) is 5.52. The molecule has 8 nitrogen and oxygen atoms in total. The van der Waals surface area contributed by atoms with E-state index in [4.69, 9.17) is 4.99 Å². The zero-order valence-electron chi connectivity index (χ0n) is 20.3. The molecule has 186 valence electrons. The van der Waals surface area contributed by atoms with Gasteiger partial charge >= 0.3 is 6.03 Å². The molecule has 0 aromatic heterocycles. The number of likely N-dealkylation sites (N-methyl/N-ethyl adjacent to an activating group) is 1. The molecule has 0 N–H and O–H groups in total. The molecule has 36 heavy (non-hydrogen) atoms. The molecule has 0 saturated carbocycles. The van der Waals surface area contributed by atoms with E-state index in [1.165, 1.54) is 23.5 Å². The normalized spacial score (nSPS) is 24.2. The van der Waals surface area contributed by atoms with Crippen molar-refractivity contribution in [3.63, 3.8) is 0 Å². The molecule has 2 saturated heterocycles. The second kappa shape index (κ2) is 9.05. The van der Waals surface area contributed by atoms with E-state index in [0.717, 1.165) is 42.9 Å². The fraction of sp³-hybridized carbons (Fsp3) is 0.370. The summed E-state index contributed by atoms with van der Waals surface area (Å²) in [6, 6.07) is 15.1. The van der Waals surface area contributed by atoms with Crippen molar-refractivity contribution in [1.29, 1.82) is 0 Å². The maximum Gasteiger partial charge on any atom is 0.328 e. The Morgan fingerprint density at radius 2 is 1.67 bits per heavy atom. The highest BCUT2D eigenvalue weighted by Gasteiger charge is 2.54. The number of halogens is 1. The van der Waals surface area contributed by atoms with Gasteiger partial charge in [0, 0.05) is 37.6 Å². The van der Waals surface area contributed by atoms with Crippen molar-refractivity contribution < 1.29 is 14.0 Å². The number of guanidine groups is 1. The van der Waals surface area contributed by atoms with Gasteiger partial charge < -0.3 is 9.80 Å². The number of hydrogen-bond acceptors (Lipinski definition) is 6. The third kappa shape index (κ3) is 3.74. The number of imide groups is 1. The minimum atomic E-state index is -0.645. The van der Waals surface area contributed by atoms with Gasteiger partial charge in [0.1, 0.15) is 5.82 Å². The molecule has 2 aromatic rings. The van der Waals surface area contributed by atoms with Crippen molar-refractivity contribution in [3.05, 3.63) is 72.2 Å². The van der Waals surface area contributed by atoms with E-state index in [1.54, 1.807) is 24.1 Å². The largest absolute Gasteiger partial charge is 0.328 e. The van der Waals surface area contributed by atoms with Crippen molar-refractivity contribution in [2.75, 3.05) is 38.1 Å². The molecule has 2 aromatic carbocycles. The standard InChI is InChI=1S/C27H29FN6O2/c1-30-24-23(25(35)32(27(30)36)17-16-31-14-6-3-7-15-31)33-18-22(19-8-4-2-5-9-19)34(26(33)29-24)21-12-10-20(28)11-13-21/h2,4-5,8-13,18,23-24H,3,6-7,14-17H2,1H3. The summed E-state index contributed by atoms with van der Waals surface area (Å²) in [6.45, 7) is 3.06. The molecule has 4 heterocycles. The number of urea groups is 1. The smallest absolute Gasteiger partial charge is 0.302 e. The highest BCUT2D eigenvalue weighted by atomic mass is 19.1. The lowest BCUT2D eigenvalue weighted by atomic mass is 10.1. The van der Waals surface area contributed by atoms with Crippen LogP contribution in [0.5, 0.6) is 0 Å². The molecule has 2 unspecified atom stereocenters. The number of hydrogen-bond donors (Lipinski definition) is 0. The quantitative estimate of drug-likeness (QED) is 0.646. The van der Waals surface area contributed by atoms with Gasteiger partial charge in [0.15, 0.2) is 12.2 Å². The van der Waals surface area contributed by atoms with E-state index >= 15 is 0 Å². The van der Waals surface area contributed by atoms with Gasteiger partial charge in [-0.05, 0) is 50.2 Å². The first-order chi connectivity index (χ1) is 17.5. The summed E-state index contributed by atoms with van der Waals surface area (Å²) in [7, 11) is 1.70. The average Bonchev–Trinajstić information content (AvgIpc) is 3.46. The number of piperidine rings is 1. The molecule has 3 amide bonds. The predicted molar refractivity (Wildman–Crippen MR) is 135 cm³/mol. The van der Waals surface area contributed by atoms with Crippen molar-refractivity contribution in [2.24, 2.45) is 4.99 Å². The first kappa shape index (κ1) is 22.7. The summed E-state index contributed by atoms with van der Waals surface area (Å²) < 4.78 is 13.7. The summed E-state index contributed by atoms with van der Waals surface area (Å²) >= 11 is 0. The Kier molecular flexibility index (Phi) is 5.72. The summed E-state index contributed by atoms with van der Waals surface area (Å²) in [5.41, 5.74) is 2.52. The molecule has 4 aliphatic heterocycles. The average molecular weight is 489 g/mol. The minimum absolute atomic E-state index is 0.233. The molecular weight excluding hydrogens is 459 g/mol. The number of carbonyl (C=O) groups excluding carboxylic acids is 2. The zero-order chi connectivity index (χ0) is 24.8. The first-order valence-electron chi connectivity index (χ1n) is 12.5. The zero-order valence-corrected chi connectivity index (χ0v) is 20.3. The second-order valence-electron chi connectivity index (χ2n) is 9.67. The molecule has 0 bridgehead atoms. The highest BCUT2D eigenvalue weighted by molar-refractivity contribution is 6.16. The van der Waals surface area contributed by atoms with Crippen molar-refractivity contribution in [1.82, 2.24) is 19.6 Å². The van der Waals surface area contributed by atoms with Gasteiger partial charge in [-0.3, -0.25) is 19.5 Å². The highest BCUT2D eigenvalue weighted by Crippen LogP contribution is 2.40. The molecule has 6 rings (SSSR count). The number of likely N-dealkylation sites (tertiary alicyclic amines) is 1. The molecule has 2 fully saturated rings. The maximum atomic E-state index is 13.8. The Bertz CT molecular complexity index is 1220. The van der Waals surface area contributed by atoms with Crippen LogP contribution in [-0.2, 0) is 4.79 Å². The van der Waals surface area contributed by atoms with Crippen molar-refractivity contribution >= 4 is 29.3 Å². The summed E-state index contributed by atoms with van der Waals surface area (Å²) in [6.07, 6.45) is 4.85. The fourth-order valence-electron chi connectivity index (χ4n) is 5.52. The number of carbonyl (C=O) groups is 2. The minimum Gasteiger partial charge on any atom is -0.302 e. The molecule has 4 aliphatic rings. The first-order valence-corrected chi connectivity index (χ1v) is 12.5. The van der Waals surface area contributed by atoms with Gasteiger partial charge in [0.2, 0.25) is 5.96 Å². The van der Waals surface area contributed by atoms with Crippen LogP contribution >= 0.6 is 0 Å². The van der Waals surface area contributed by atoms with Crippen LogP contribution in [0.4, 0.5) is 14.9 Å². The Morgan fingerprint density at radius 3 is 2.39 bits per heavy atom. The van der Waals surface area contributed by atoms with Gasteiger partial charge in [0.05, 0.1) is 5.70 Å². The van der Waals surface area contributed by atoms with E-state index in [1.807, 2.05) is 46.3 Å². The van der Waals surface area contributed by atoms with Crippen LogP contribution in [0, 0.1) is 5.82 Å². The Labute approximate surface area is 209 Å². The van der Waals surface area contributed by atoms with Crippen LogP contribution in [0.15, 0.2) is 65.8 Å². The van der Waals surface area contributed by atoms with Gasteiger partial charge in [-0.2, -0.15) is 0 Å². The lowest BCUT2D eigenvalue weighted by molar-refractivity contribution is -0.136. The topological polar surface area (TPSA) is 62.7 Å². The third-order valence-corrected chi connectivity index (χ3v) is 7.45. The van der Waals surface area contributed by atoms with Crippen LogP contribution in [0.25, 0.3) is 5.70 Å². The number of aliphatic imine (C=N–C) groups is 1.